The minimum atomic E-state index is -0.156. The van der Waals surface area contributed by atoms with Crippen LogP contribution in [-0.4, -0.2) is 10.2 Å². The third-order valence-electron chi connectivity index (χ3n) is 2.97. The van der Waals surface area contributed by atoms with Gasteiger partial charge in [-0.1, -0.05) is 23.7 Å². The highest BCUT2D eigenvalue weighted by atomic mass is 35.5. The van der Waals surface area contributed by atoms with Crippen LogP contribution in [0, 0.1) is 0 Å². The van der Waals surface area contributed by atoms with Crippen molar-refractivity contribution < 1.29 is 0 Å². The number of nitrogens with one attached hydrogen (secondary N) is 1. The molecule has 0 radical (unpaired) electrons. The fourth-order valence-corrected chi connectivity index (χ4v) is 1.98. The lowest BCUT2D eigenvalue weighted by molar-refractivity contribution is 0.890. The van der Waals surface area contributed by atoms with E-state index in [1.807, 2.05) is 18.2 Å². The molecule has 0 amide bonds. The van der Waals surface area contributed by atoms with Crippen molar-refractivity contribution in [3.05, 3.63) is 51.4 Å². The topological polar surface area (TPSA) is 45.8 Å². The van der Waals surface area contributed by atoms with Crippen LogP contribution in [0.3, 0.4) is 0 Å². The minimum Gasteiger partial charge on any atom is -0.267 e. The molecule has 3 nitrogen and oxygen atoms in total. The molecule has 0 spiro atoms. The van der Waals surface area contributed by atoms with Crippen LogP contribution >= 0.6 is 11.6 Å². The molecule has 1 saturated carbocycles. The van der Waals surface area contributed by atoms with E-state index in [9.17, 15) is 4.79 Å². The zero-order valence-electron chi connectivity index (χ0n) is 9.11. The van der Waals surface area contributed by atoms with E-state index >= 15 is 0 Å². The van der Waals surface area contributed by atoms with Crippen LogP contribution in [0.4, 0.5) is 0 Å². The summed E-state index contributed by atoms with van der Waals surface area (Å²) in [5.41, 5.74) is 2.37. The number of aromatic nitrogens is 2. The first-order valence-electron chi connectivity index (χ1n) is 5.59. The van der Waals surface area contributed by atoms with E-state index in [0.717, 1.165) is 11.3 Å². The molecule has 1 heterocycles. The van der Waals surface area contributed by atoms with E-state index in [-0.39, 0.29) is 5.56 Å². The van der Waals surface area contributed by atoms with Crippen LogP contribution in [-0.2, 0) is 0 Å². The lowest BCUT2D eigenvalue weighted by Gasteiger charge is -2.03. The van der Waals surface area contributed by atoms with Gasteiger partial charge in [0.05, 0.1) is 11.3 Å². The van der Waals surface area contributed by atoms with E-state index in [1.165, 1.54) is 12.8 Å². The molecule has 17 heavy (non-hydrogen) atoms. The molecule has 1 aliphatic rings. The quantitative estimate of drug-likeness (QED) is 0.886. The van der Waals surface area contributed by atoms with Gasteiger partial charge in [0.25, 0.3) is 5.56 Å². The van der Waals surface area contributed by atoms with Crippen molar-refractivity contribution in [2.24, 2.45) is 0 Å². The molecule has 0 atom stereocenters. The van der Waals surface area contributed by atoms with Crippen LogP contribution in [0.5, 0.6) is 0 Å². The number of halogens is 1. The average Bonchev–Trinajstić information content (AvgIpc) is 3.15. The van der Waals surface area contributed by atoms with Crippen molar-refractivity contribution in [3.63, 3.8) is 0 Å². The van der Waals surface area contributed by atoms with Gasteiger partial charge in [0.2, 0.25) is 0 Å². The molecule has 1 aliphatic carbocycles. The Kier molecular flexibility index (Phi) is 2.48. The van der Waals surface area contributed by atoms with Crippen LogP contribution < -0.4 is 5.56 Å². The molecule has 0 aliphatic heterocycles. The molecule has 86 valence electrons. The molecule has 0 unspecified atom stereocenters. The number of rotatable bonds is 2. The molecule has 4 heteroatoms. The minimum absolute atomic E-state index is 0.156. The van der Waals surface area contributed by atoms with Gasteiger partial charge in [-0.05, 0) is 36.6 Å². The van der Waals surface area contributed by atoms with Gasteiger partial charge in [0.1, 0.15) is 0 Å². The highest BCUT2D eigenvalue weighted by molar-refractivity contribution is 6.30. The first-order chi connectivity index (χ1) is 8.24. The molecule has 3 rings (SSSR count). The largest absolute Gasteiger partial charge is 0.272 e. The lowest BCUT2D eigenvalue weighted by Crippen LogP contribution is -2.12. The smallest absolute Gasteiger partial charge is 0.267 e. The fourth-order valence-electron chi connectivity index (χ4n) is 1.85. The fraction of sp³-hybridized carbons (Fsp3) is 0.231. The Morgan fingerprint density at radius 1 is 1.24 bits per heavy atom. The summed E-state index contributed by atoms with van der Waals surface area (Å²) in [7, 11) is 0. The Balaban J connectivity index is 2.09. The summed E-state index contributed by atoms with van der Waals surface area (Å²) in [6.07, 6.45) is 2.33. The molecular formula is C13H11ClN2O. The summed E-state index contributed by atoms with van der Waals surface area (Å²) < 4.78 is 0. The summed E-state index contributed by atoms with van der Waals surface area (Å²) >= 11 is 5.83. The van der Waals surface area contributed by atoms with E-state index < -0.39 is 0 Å². The molecule has 1 aromatic heterocycles. The standard InChI is InChI=1S/C13H11ClN2O/c14-10-5-3-8(4-6-10)11-7-12(9-1-2-9)15-16-13(11)17/h3-7,9H,1-2H2,(H,16,17). The van der Waals surface area contributed by atoms with Gasteiger partial charge in [0, 0.05) is 10.9 Å². The zero-order chi connectivity index (χ0) is 11.8. The normalized spacial score (nSPS) is 14.9. The summed E-state index contributed by atoms with van der Waals surface area (Å²) in [4.78, 5) is 11.7. The van der Waals surface area contributed by atoms with Crippen molar-refractivity contribution in [2.45, 2.75) is 18.8 Å². The van der Waals surface area contributed by atoms with Crippen molar-refractivity contribution >= 4 is 11.6 Å². The van der Waals surface area contributed by atoms with E-state index in [0.29, 0.717) is 16.5 Å². The van der Waals surface area contributed by atoms with Gasteiger partial charge in [-0.25, -0.2) is 5.10 Å². The molecule has 2 aromatic rings. The molecule has 0 saturated heterocycles. The predicted molar refractivity (Wildman–Crippen MR) is 67.3 cm³/mol. The molecule has 1 aromatic carbocycles. The number of nitrogens with zero attached hydrogens (tertiary/aromatic N) is 1. The van der Waals surface area contributed by atoms with Crippen LogP contribution in [0.1, 0.15) is 24.5 Å². The zero-order valence-corrected chi connectivity index (χ0v) is 9.87. The maximum atomic E-state index is 11.7. The maximum absolute atomic E-state index is 11.7. The second kappa shape index (κ2) is 4.00. The second-order valence-electron chi connectivity index (χ2n) is 4.32. The first kappa shape index (κ1) is 10.5. The highest BCUT2D eigenvalue weighted by Crippen LogP contribution is 2.39. The SMILES string of the molecule is O=c1[nH]nc(C2CC2)cc1-c1ccc(Cl)cc1. The summed E-state index contributed by atoms with van der Waals surface area (Å²) in [5, 5.41) is 7.31. The average molecular weight is 247 g/mol. The van der Waals surface area contributed by atoms with Crippen LogP contribution in [0.25, 0.3) is 11.1 Å². The van der Waals surface area contributed by atoms with Gasteiger partial charge in [-0.15, -0.1) is 0 Å². The molecule has 1 N–H and O–H groups in total. The third-order valence-corrected chi connectivity index (χ3v) is 3.23. The van der Waals surface area contributed by atoms with E-state index in [1.54, 1.807) is 12.1 Å². The number of H-pyrrole nitrogens is 1. The summed E-state index contributed by atoms with van der Waals surface area (Å²) in [6, 6.07) is 9.16. The number of hydrogen-bond acceptors (Lipinski definition) is 2. The third kappa shape index (κ3) is 2.11. The van der Waals surface area contributed by atoms with Crippen molar-refractivity contribution in [2.75, 3.05) is 0 Å². The van der Waals surface area contributed by atoms with Gasteiger partial charge in [-0.2, -0.15) is 5.10 Å². The highest BCUT2D eigenvalue weighted by Gasteiger charge is 2.26. The van der Waals surface area contributed by atoms with Gasteiger partial charge in [0.15, 0.2) is 0 Å². The van der Waals surface area contributed by atoms with Gasteiger partial charge in [-0.3, -0.25) is 4.79 Å². The number of aromatic amines is 1. The monoisotopic (exact) mass is 246 g/mol. The first-order valence-corrected chi connectivity index (χ1v) is 5.97. The molecule has 1 fully saturated rings. The summed E-state index contributed by atoms with van der Waals surface area (Å²) in [6.45, 7) is 0. The van der Waals surface area contributed by atoms with Gasteiger partial charge >= 0.3 is 0 Å². The molecular weight excluding hydrogens is 236 g/mol. The maximum Gasteiger partial charge on any atom is 0.272 e. The summed E-state index contributed by atoms with van der Waals surface area (Å²) in [5.74, 6) is 0.526. The van der Waals surface area contributed by atoms with Crippen molar-refractivity contribution in [1.82, 2.24) is 10.2 Å². The Labute approximate surface area is 103 Å². The van der Waals surface area contributed by atoms with Crippen molar-refractivity contribution in [3.8, 4) is 11.1 Å². The van der Waals surface area contributed by atoms with Crippen molar-refractivity contribution in [1.29, 1.82) is 0 Å². The van der Waals surface area contributed by atoms with E-state index in [4.69, 9.17) is 11.6 Å². The Morgan fingerprint density at radius 2 is 1.94 bits per heavy atom. The Bertz CT molecular complexity index is 600. The Hall–Kier alpha value is -1.61. The number of benzene rings is 1. The molecule has 0 bridgehead atoms. The van der Waals surface area contributed by atoms with E-state index in [2.05, 4.69) is 10.2 Å². The Morgan fingerprint density at radius 3 is 2.59 bits per heavy atom. The number of hydrogen-bond donors (Lipinski definition) is 1. The predicted octanol–water partition coefficient (Wildman–Crippen LogP) is 2.97. The van der Waals surface area contributed by atoms with Crippen LogP contribution in [0.2, 0.25) is 5.02 Å². The lowest BCUT2D eigenvalue weighted by atomic mass is 10.1. The van der Waals surface area contributed by atoms with Gasteiger partial charge < -0.3 is 0 Å². The second-order valence-corrected chi connectivity index (χ2v) is 4.75. The van der Waals surface area contributed by atoms with Crippen LogP contribution in [0.15, 0.2) is 35.1 Å².